The van der Waals surface area contributed by atoms with Crippen LogP contribution < -0.4 is 10.6 Å². The number of carbonyl (C=O) groups is 1. The monoisotopic (exact) mass is 273 g/mol. The van der Waals surface area contributed by atoms with Gasteiger partial charge in [0, 0.05) is 29.0 Å². The molecule has 2 aromatic rings. The predicted octanol–water partition coefficient (Wildman–Crippen LogP) is 2.96. The Hall–Kier alpha value is -2.07. The van der Waals surface area contributed by atoms with Crippen molar-refractivity contribution in [3.05, 3.63) is 52.7 Å². The topological polar surface area (TPSA) is 54.0 Å². The maximum Gasteiger partial charge on any atom is 0.256 e. The number of benzene rings is 1. The molecule has 3 rings (SSSR count). The standard InChI is InChI=1S/C14H12ClN3O/c15-11-4-6-17-13(8-11)18-14(19)10-2-1-9-3-5-16-12(9)7-10/h1-2,4,6-8,16H,3,5H2,(H,17,18,19). The number of halogens is 1. The minimum atomic E-state index is -0.189. The summed E-state index contributed by atoms with van der Waals surface area (Å²) in [6.07, 6.45) is 2.56. The Morgan fingerprint density at radius 2 is 2.21 bits per heavy atom. The minimum Gasteiger partial charge on any atom is -0.384 e. The van der Waals surface area contributed by atoms with Gasteiger partial charge in [-0.05, 0) is 36.2 Å². The first-order valence-electron chi connectivity index (χ1n) is 6.02. The van der Waals surface area contributed by atoms with Crippen molar-refractivity contribution in [3.63, 3.8) is 0 Å². The molecule has 0 bridgehead atoms. The second-order valence-corrected chi connectivity index (χ2v) is 4.80. The molecule has 96 valence electrons. The van der Waals surface area contributed by atoms with Gasteiger partial charge >= 0.3 is 0 Å². The van der Waals surface area contributed by atoms with Crippen LogP contribution in [0.15, 0.2) is 36.5 Å². The van der Waals surface area contributed by atoms with Gasteiger partial charge in [-0.2, -0.15) is 0 Å². The first kappa shape index (κ1) is 12.0. The van der Waals surface area contributed by atoms with Crippen LogP contribution in [-0.4, -0.2) is 17.4 Å². The molecule has 1 aliphatic heterocycles. The molecule has 19 heavy (non-hydrogen) atoms. The third-order valence-corrected chi connectivity index (χ3v) is 3.28. The van der Waals surface area contributed by atoms with E-state index in [-0.39, 0.29) is 5.91 Å². The third kappa shape index (κ3) is 2.53. The van der Waals surface area contributed by atoms with E-state index in [0.29, 0.717) is 16.4 Å². The number of rotatable bonds is 2. The van der Waals surface area contributed by atoms with Gasteiger partial charge in [0.25, 0.3) is 5.91 Å². The molecule has 0 spiro atoms. The van der Waals surface area contributed by atoms with Crippen LogP contribution in [0.4, 0.5) is 11.5 Å². The fourth-order valence-electron chi connectivity index (χ4n) is 2.09. The van der Waals surface area contributed by atoms with Gasteiger partial charge in [-0.1, -0.05) is 17.7 Å². The van der Waals surface area contributed by atoms with Crippen LogP contribution in [0, 0.1) is 0 Å². The summed E-state index contributed by atoms with van der Waals surface area (Å²) in [4.78, 5) is 16.1. The highest BCUT2D eigenvalue weighted by molar-refractivity contribution is 6.30. The molecule has 1 aromatic carbocycles. The van der Waals surface area contributed by atoms with E-state index in [1.807, 2.05) is 18.2 Å². The van der Waals surface area contributed by atoms with Crippen molar-refractivity contribution >= 4 is 29.0 Å². The highest BCUT2D eigenvalue weighted by Crippen LogP contribution is 2.23. The number of pyridine rings is 1. The van der Waals surface area contributed by atoms with Crippen LogP contribution in [-0.2, 0) is 6.42 Å². The molecule has 1 aliphatic rings. The Bertz CT molecular complexity index is 642. The largest absolute Gasteiger partial charge is 0.384 e. The van der Waals surface area contributed by atoms with E-state index in [1.54, 1.807) is 18.3 Å². The maximum atomic E-state index is 12.1. The predicted molar refractivity (Wildman–Crippen MR) is 75.8 cm³/mol. The van der Waals surface area contributed by atoms with Gasteiger partial charge in [-0.25, -0.2) is 4.98 Å². The summed E-state index contributed by atoms with van der Waals surface area (Å²) in [5, 5.41) is 6.52. The number of amides is 1. The average molecular weight is 274 g/mol. The van der Waals surface area contributed by atoms with E-state index in [9.17, 15) is 4.79 Å². The van der Waals surface area contributed by atoms with Gasteiger partial charge in [0.05, 0.1) is 0 Å². The van der Waals surface area contributed by atoms with E-state index in [1.165, 1.54) is 5.56 Å². The summed E-state index contributed by atoms with van der Waals surface area (Å²) in [6, 6.07) is 8.95. The minimum absolute atomic E-state index is 0.189. The molecule has 2 N–H and O–H groups in total. The lowest BCUT2D eigenvalue weighted by Gasteiger charge is -2.06. The number of fused-ring (bicyclic) bond motifs is 1. The third-order valence-electron chi connectivity index (χ3n) is 3.05. The number of nitrogens with zero attached hydrogens (tertiary/aromatic N) is 1. The van der Waals surface area contributed by atoms with Gasteiger partial charge in [0.15, 0.2) is 0 Å². The van der Waals surface area contributed by atoms with Gasteiger partial charge in [0.1, 0.15) is 5.82 Å². The maximum absolute atomic E-state index is 12.1. The molecule has 0 aliphatic carbocycles. The molecular weight excluding hydrogens is 262 g/mol. The summed E-state index contributed by atoms with van der Waals surface area (Å²) in [5.74, 6) is 0.261. The lowest BCUT2D eigenvalue weighted by atomic mass is 10.1. The van der Waals surface area contributed by atoms with Gasteiger partial charge < -0.3 is 10.6 Å². The molecule has 0 atom stereocenters. The average Bonchev–Trinajstić information content (AvgIpc) is 2.85. The Kier molecular flexibility index (Phi) is 3.09. The highest BCUT2D eigenvalue weighted by atomic mass is 35.5. The van der Waals surface area contributed by atoms with Crippen LogP contribution in [0.3, 0.4) is 0 Å². The first-order chi connectivity index (χ1) is 9.22. The van der Waals surface area contributed by atoms with Crippen LogP contribution >= 0.6 is 11.6 Å². The Labute approximate surface area is 115 Å². The zero-order valence-corrected chi connectivity index (χ0v) is 10.9. The van der Waals surface area contributed by atoms with E-state index in [0.717, 1.165) is 18.7 Å². The molecule has 4 nitrogen and oxygen atoms in total. The number of hydrogen-bond acceptors (Lipinski definition) is 3. The molecule has 0 saturated heterocycles. The number of nitrogens with one attached hydrogen (secondary N) is 2. The smallest absolute Gasteiger partial charge is 0.256 e. The van der Waals surface area contributed by atoms with Crippen LogP contribution in [0.1, 0.15) is 15.9 Å². The van der Waals surface area contributed by atoms with E-state index in [4.69, 9.17) is 11.6 Å². The second-order valence-electron chi connectivity index (χ2n) is 4.36. The van der Waals surface area contributed by atoms with Gasteiger partial charge in [-0.15, -0.1) is 0 Å². The zero-order valence-electron chi connectivity index (χ0n) is 10.1. The lowest BCUT2D eigenvalue weighted by molar-refractivity contribution is 0.102. The lowest BCUT2D eigenvalue weighted by Crippen LogP contribution is -2.13. The number of hydrogen-bond donors (Lipinski definition) is 2. The summed E-state index contributed by atoms with van der Waals surface area (Å²) in [7, 11) is 0. The van der Waals surface area contributed by atoms with Crippen LogP contribution in [0.2, 0.25) is 5.02 Å². The second kappa shape index (κ2) is 4.90. The zero-order chi connectivity index (χ0) is 13.2. The SMILES string of the molecule is O=C(Nc1cc(Cl)ccn1)c1ccc2c(c1)NCC2. The fourth-order valence-corrected chi connectivity index (χ4v) is 2.25. The molecule has 1 amide bonds. The summed E-state index contributed by atoms with van der Waals surface area (Å²) in [5.41, 5.74) is 2.89. The number of carbonyl (C=O) groups excluding carboxylic acids is 1. The van der Waals surface area contributed by atoms with E-state index in [2.05, 4.69) is 15.6 Å². The number of aromatic nitrogens is 1. The molecule has 0 saturated carbocycles. The number of anilines is 2. The van der Waals surface area contributed by atoms with E-state index < -0.39 is 0 Å². The normalized spacial score (nSPS) is 12.7. The van der Waals surface area contributed by atoms with Crippen molar-refractivity contribution in [1.82, 2.24) is 4.98 Å². The van der Waals surface area contributed by atoms with Crippen molar-refractivity contribution in [2.45, 2.75) is 6.42 Å². The van der Waals surface area contributed by atoms with Crippen molar-refractivity contribution in [2.75, 3.05) is 17.2 Å². The van der Waals surface area contributed by atoms with Crippen molar-refractivity contribution in [1.29, 1.82) is 0 Å². The summed E-state index contributed by atoms with van der Waals surface area (Å²) < 4.78 is 0. The fraction of sp³-hybridized carbons (Fsp3) is 0.143. The van der Waals surface area contributed by atoms with E-state index >= 15 is 0 Å². The Morgan fingerprint density at radius 1 is 1.32 bits per heavy atom. The molecular formula is C14H12ClN3O. The molecule has 0 radical (unpaired) electrons. The van der Waals surface area contributed by atoms with Gasteiger partial charge in [-0.3, -0.25) is 4.79 Å². The first-order valence-corrected chi connectivity index (χ1v) is 6.40. The van der Waals surface area contributed by atoms with Crippen LogP contribution in [0.25, 0.3) is 0 Å². The molecule has 2 heterocycles. The molecule has 0 fully saturated rings. The highest BCUT2D eigenvalue weighted by Gasteiger charge is 2.13. The summed E-state index contributed by atoms with van der Waals surface area (Å²) >= 11 is 5.85. The molecule has 5 heteroatoms. The quantitative estimate of drug-likeness (QED) is 0.884. The van der Waals surface area contributed by atoms with Gasteiger partial charge in [0.2, 0.25) is 0 Å². The summed E-state index contributed by atoms with van der Waals surface area (Å²) in [6.45, 7) is 0.927. The molecule has 0 unspecified atom stereocenters. The molecule has 1 aromatic heterocycles. The van der Waals surface area contributed by atoms with Crippen LogP contribution in [0.5, 0.6) is 0 Å². The Balaban J connectivity index is 1.81. The Morgan fingerprint density at radius 3 is 3.05 bits per heavy atom. The van der Waals surface area contributed by atoms with Crippen molar-refractivity contribution in [2.24, 2.45) is 0 Å². The van der Waals surface area contributed by atoms with Crippen molar-refractivity contribution in [3.8, 4) is 0 Å². The van der Waals surface area contributed by atoms with Crippen molar-refractivity contribution < 1.29 is 4.79 Å².